The Morgan fingerprint density at radius 1 is 1.58 bits per heavy atom. The Bertz CT molecular complexity index is 162. The Morgan fingerprint density at radius 3 is 2.75 bits per heavy atom. The van der Waals surface area contributed by atoms with E-state index in [1.54, 1.807) is 0 Å². The summed E-state index contributed by atoms with van der Waals surface area (Å²) in [6, 6.07) is 0. The van der Waals surface area contributed by atoms with Crippen LogP contribution >= 0.6 is 0 Å². The molecule has 0 bridgehead atoms. The van der Waals surface area contributed by atoms with Crippen LogP contribution < -0.4 is 0 Å². The average Bonchev–Trinajstić information content (AvgIpc) is 2.45. The standard InChI is InChI=1S/C11H20O/c1-3-4-7-11(9-12)8-5-6-10(11)2/h12H,2-9H2,1H3. The normalized spacial score (nSPS) is 29.7. The van der Waals surface area contributed by atoms with Crippen molar-refractivity contribution in [2.45, 2.75) is 45.4 Å². The molecule has 12 heavy (non-hydrogen) atoms. The van der Waals surface area contributed by atoms with Gasteiger partial charge in [0.15, 0.2) is 0 Å². The number of hydrogen-bond acceptors (Lipinski definition) is 1. The van der Waals surface area contributed by atoms with Gasteiger partial charge in [0.2, 0.25) is 0 Å². The highest BCUT2D eigenvalue weighted by atomic mass is 16.3. The molecule has 0 radical (unpaired) electrons. The number of rotatable bonds is 4. The van der Waals surface area contributed by atoms with Crippen molar-refractivity contribution in [3.8, 4) is 0 Å². The summed E-state index contributed by atoms with van der Waals surface area (Å²) in [6.07, 6.45) is 7.09. The summed E-state index contributed by atoms with van der Waals surface area (Å²) in [5.41, 5.74) is 1.40. The van der Waals surface area contributed by atoms with Gasteiger partial charge in [0.05, 0.1) is 6.61 Å². The van der Waals surface area contributed by atoms with E-state index in [-0.39, 0.29) is 5.41 Å². The second-order valence-corrected chi connectivity index (χ2v) is 4.00. The van der Waals surface area contributed by atoms with Crippen LogP contribution in [0.1, 0.15) is 45.4 Å². The van der Waals surface area contributed by atoms with E-state index in [2.05, 4.69) is 13.5 Å². The molecule has 1 N–H and O–H groups in total. The van der Waals surface area contributed by atoms with Crippen molar-refractivity contribution < 1.29 is 5.11 Å². The van der Waals surface area contributed by atoms with Crippen molar-refractivity contribution in [3.05, 3.63) is 12.2 Å². The van der Waals surface area contributed by atoms with Gasteiger partial charge in [-0.3, -0.25) is 0 Å². The van der Waals surface area contributed by atoms with Crippen LogP contribution in [0.4, 0.5) is 0 Å². The van der Waals surface area contributed by atoms with Gasteiger partial charge in [0.1, 0.15) is 0 Å². The number of hydrogen-bond donors (Lipinski definition) is 1. The van der Waals surface area contributed by atoms with Crippen LogP contribution in [0.3, 0.4) is 0 Å². The molecular weight excluding hydrogens is 148 g/mol. The van der Waals surface area contributed by atoms with Crippen molar-refractivity contribution in [1.29, 1.82) is 0 Å². The maximum Gasteiger partial charge on any atom is 0.0524 e. The second-order valence-electron chi connectivity index (χ2n) is 4.00. The molecule has 0 heterocycles. The second kappa shape index (κ2) is 4.08. The average molecular weight is 168 g/mol. The van der Waals surface area contributed by atoms with Crippen molar-refractivity contribution in [2.75, 3.05) is 6.61 Å². The zero-order valence-corrected chi connectivity index (χ0v) is 8.10. The number of aliphatic hydroxyl groups excluding tert-OH is 1. The minimum Gasteiger partial charge on any atom is -0.395 e. The molecule has 0 aromatic heterocycles. The van der Waals surface area contributed by atoms with Gasteiger partial charge in [-0.15, -0.1) is 0 Å². The van der Waals surface area contributed by atoms with Gasteiger partial charge < -0.3 is 5.11 Å². The predicted molar refractivity (Wildman–Crippen MR) is 52.0 cm³/mol. The van der Waals surface area contributed by atoms with Crippen LogP contribution in [0.5, 0.6) is 0 Å². The highest BCUT2D eigenvalue weighted by Gasteiger charge is 2.35. The first kappa shape index (κ1) is 9.79. The van der Waals surface area contributed by atoms with Crippen molar-refractivity contribution in [3.63, 3.8) is 0 Å². The lowest BCUT2D eigenvalue weighted by molar-refractivity contribution is 0.151. The lowest BCUT2D eigenvalue weighted by atomic mass is 9.79. The van der Waals surface area contributed by atoms with Gasteiger partial charge >= 0.3 is 0 Å². The van der Waals surface area contributed by atoms with Gasteiger partial charge in [-0.25, -0.2) is 0 Å². The van der Waals surface area contributed by atoms with E-state index < -0.39 is 0 Å². The lowest BCUT2D eigenvalue weighted by Gasteiger charge is -2.27. The molecule has 0 aliphatic heterocycles. The Kier molecular flexibility index (Phi) is 3.33. The summed E-state index contributed by atoms with van der Waals surface area (Å²) in [7, 11) is 0. The van der Waals surface area contributed by atoms with Gasteiger partial charge in [-0.2, -0.15) is 0 Å². The molecule has 0 spiro atoms. The molecule has 1 nitrogen and oxygen atoms in total. The third-order valence-corrected chi connectivity index (χ3v) is 3.20. The van der Waals surface area contributed by atoms with E-state index in [1.807, 2.05) is 0 Å². The van der Waals surface area contributed by atoms with E-state index in [4.69, 9.17) is 0 Å². The highest BCUT2D eigenvalue weighted by Crippen LogP contribution is 2.45. The monoisotopic (exact) mass is 168 g/mol. The molecule has 1 saturated carbocycles. The van der Waals surface area contributed by atoms with Crippen LogP contribution in [0.25, 0.3) is 0 Å². The van der Waals surface area contributed by atoms with Gasteiger partial charge in [0.25, 0.3) is 0 Å². The summed E-state index contributed by atoms with van der Waals surface area (Å²) < 4.78 is 0. The zero-order chi connectivity index (χ0) is 9.03. The topological polar surface area (TPSA) is 20.2 Å². The lowest BCUT2D eigenvalue weighted by Crippen LogP contribution is -2.22. The Morgan fingerprint density at radius 2 is 2.33 bits per heavy atom. The highest BCUT2D eigenvalue weighted by molar-refractivity contribution is 5.15. The predicted octanol–water partition coefficient (Wildman–Crippen LogP) is 2.90. The molecule has 1 aliphatic rings. The molecule has 0 aromatic rings. The molecule has 1 atom stereocenters. The zero-order valence-electron chi connectivity index (χ0n) is 8.10. The maximum absolute atomic E-state index is 9.35. The summed E-state index contributed by atoms with van der Waals surface area (Å²) in [4.78, 5) is 0. The van der Waals surface area contributed by atoms with Crippen LogP contribution in [0, 0.1) is 5.41 Å². The smallest absolute Gasteiger partial charge is 0.0524 e. The Balaban J connectivity index is 2.55. The van der Waals surface area contributed by atoms with E-state index in [0.29, 0.717) is 6.61 Å². The molecular formula is C11H20O. The largest absolute Gasteiger partial charge is 0.395 e. The summed E-state index contributed by atoms with van der Waals surface area (Å²) in [5, 5.41) is 9.35. The minimum absolute atomic E-state index is 0.107. The van der Waals surface area contributed by atoms with Gasteiger partial charge in [-0.05, 0) is 25.7 Å². The molecule has 1 heteroatoms. The molecule has 0 aromatic carbocycles. The van der Waals surface area contributed by atoms with Crippen LogP contribution in [0.2, 0.25) is 0 Å². The van der Waals surface area contributed by atoms with Crippen LogP contribution in [0.15, 0.2) is 12.2 Å². The fraction of sp³-hybridized carbons (Fsp3) is 0.818. The molecule has 1 fully saturated rings. The first-order valence-electron chi connectivity index (χ1n) is 5.04. The van der Waals surface area contributed by atoms with Crippen molar-refractivity contribution >= 4 is 0 Å². The van der Waals surface area contributed by atoms with Crippen molar-refractivity contribution in [2.24, 2.45) is 5.41 Å². The number of aliphatic hydroxyl groups is 1. The molecule has 0 amide bonds. The molecule has 1 aliphatic carbocycles. The summed E-state index contributed by atoms with van der Waals surface area (Å²) >= 11 is 0. The molecule has 1 rings (SSSR count). The maximum atomic E-state index is 9.35. The Hall–Kier alpha value is -0.300. The first-order chi connectivity index (χ1) is 5.75. The molecule has 0 saturated heterocycles. The Labute approximate surface area is 75.5 Å². The van der Waals surface area contributed by atoms with Crippen LogP contribution in [-0.2, 0) is 0 Å². The van der Waals surface area contributed by atoms with Crippen molar-refractivity contribution in [1.82, 2.24) is 0 Å². The van der Waals surface area contributed by atoms with Gasteiger partial charge in [0, 0.05) is 5.41 Å². The minimum atomic E-state index is 0.107. The fourth-order valence-electron chi connectivity index (χ4n) is 2.17. The SMILES string of the molecule is C=C1CCCC1(CO)CCCC. The third-order valence-electron chi connectivity index (χ3n) is 3.20. The molecule has 70 valence electrons. The fourth-order valence-corrected chi connectivity index (χ4v) is 2.17. The van der Waals surface area contributed by atoms with Gasteiger partial charge in [-0.1, -0.05) is 31.9 Å². The van der Waals surface area contributed by atoms with Crippen LogP contribution in [-0.4, -0.2) is 11.7 Å². The number of unbranched alkanes of at least 4 members (excludes halogenated alkanes) is 1. The van der Waals surface area contributed by atoms with E-state index in [1.165, 1.54) is 24.8 Å². The third kappa shape index (κ3) is 1.71. The summed E-state index contributed by atoms with van der Waals surface area (Å²) in [6.45, 7) is 6.58. The molecule has 1 unspecified atom stereocenters. The summed E-state index contributed by atoms with van der Waals surface area (Å²) in [5.74, 6) is 0. The van der Waals surface area contributed by atoms with E-state index >= 15 is 0 Å². The quantitative estimate of drug-likeness (QED) is 0.640. The van der Waals surface area contributed by atoms with E-state index in [0.717, 1.165) is 19.3 Å². The first-order valence-corrected chi connectivity index (χ1v) is 5.04. The van der Waals surface area contributed by atoms with E-state index in [9.17, 15) is 5.11 Å².